The third kappa shape index (κ3) is 5.05. The molecule has 0 saturated heterocycles. The van der Waals surface area contributed by atoms with Gasteiger partial charge >= 0.3 is 0 Å². The Morgan fingerprint density at radius 2 is 2.19 bits per heavy atom. The molecule has 16 heavy (non-hydrogen) atoms. The van der Waals surface area contributed by atoms with Crippen molar-refractivity contribution in [3.63, 3.8) is 0 Å². The van der Waals surface area contributed by atoms with Gasteiger partial charge in [0.05, 0.1) is 5.01 Å². The van der Waals surface area contributed by atoms with Crippen molar-refractivity contribution in [3.05, 3.63) is 16.1 Å². The summed E-state index contributed by atoms with van der Waals surface area (Å²) < 4.78 is 0. The van der Waals surface area contributed by atoms with Crippen LogP contribution in [0.25, 0.3) is 0 Å². The number of rotatable bonds is 7. The highest BCUT2D eigenvalue weighted by atomic mass is 32.1. The molecule has 1 aromatic rings. The van der Waals surface area contributed by atoms with Crippen molar-refractivity contribution in [1.82, 2.24) is 10.3 Å². The molecule has 0 aliphatic rings. The molecule has 92 valence electrons. The van der Waals surface area contributed by atoms with Gasteiger partial charge in [0.2, 0.25) is 0 Å². The normalized spacial score (nSPS) is 13.3. The van der Waals surface area contributed by atoms with Crippen molar-refractivity contribution in [2.24, 2.45) is 11.7 Å². The van der Waals surface area contributed by atoms with E-state index in [1.807, 2.05) is 6.92 Å². The van der Waals surface area contributed by atoms with Crippen LogP contribution in [0.15, 0.2) is 5.38 Å². The Bertz CT molecular complexity index is 296. The van der Waals surface area contributed by atoms with E-state index in [9.17, 15) is 0 Å². The van der Waals surface area contributed by atoms with Gasteiger partial charge in [0.15, 0.2) is 0 Å². The Labute approximate surface area is 102 Å². The van der Waals surface area contributed by atoms with E-state index in [0.717, 1.165) is 31.6 Å². The van der Waals surface area contributed by atoms with E-state index in [1.165, 1.54) is 5.01 Å². The Morgan fingerprint density at radius 1 is 1.44 bits per heavy atom. The van der Waals surface area contributed by atoms with Crippen LogP contribution < -0.4 is 11.1 Å². The molecule has 0 aliphatic carbocycles. The third-order valence-corrected chi connectivity index (χ3v) is 3.72. The Hall–Kier alpha value is -0.450. The molecular formula is C12H23N3S. The second kappa shape index (κ2) is 6.99. The zero-order valence-corrected chi connectivity index (χ0v) is 11.3. The predicted molar refractivity (Wildman–Crippen MR) is 70.9 cm³/mol. The summed E-state index contributed by atoms with van der Waals surface area (Å²) in [5, 5.41) is 6.74. The van der Waals surface area contributed by atoms with Crippen molar-refractivity contribution in [1.29, 1.82) is 0 Å². The second-order valence-corrected chi connectivity index (χ2v) is 5.52. The lowest BCUT2D eigenvalue weighted by Gasteiger charge is -2.15. The fraction of sp³-hybridized carbons (Fsp3) is 0.750. The van der Waals surface area contributed by atoms with Crippen LogP contribution in [0.1, 0.15) is 31.0 Å². The largest absolute Gasteiger partial charge is 0.327 e. The summed E-state index contributed by atoms with van der Waals surface area (Å²) in [7, 11) is 0. The summed E-state index contributed by atoms with van der Waals surface area (Å²) in [6.45, 7) is 8.38. The molecule has 1 heterocycles. The maximum atomic E-state index is 5.96. The average molecular weight is 241 g/mol. The number of nitrogens with one attached hydrogen (secondary N) is 1. The van der Waals surface area contributed by atoms with Crippen LogP contribution in [-0.4, -0.2) is 24.1 Å². The van der Waals surface area contributed by atoms with Crippen LogP contribution in [0.4, 0.5) is 0 Å². The first kappa shape index (κ1) is 13.6. The maximum Gasteiger partial charge on any atom is 0.0940 e. The summed E-state index contributed by atoms with van der Waals surface area (Å²) in [5.41, 5.74) is 7.09. The first-order chi connectivity index (χ1) is 7.59. The van der Waals surface area contributed by atoms with Crippen molar-refractivity contribution >= 4 is 11.3 Å². The fourth-order valence-corrected chi connectivity index (χ4v) is 2.22. The number of thiazole rings is 1. The number of nitrogens with two attached hydrogens (primary N) is 1. The lowest BCUT2D eigenvalue weighted by Crippen LogP contribution is -2.31. The molecule has 1 unspecified atom stereocenters. The van der Waals surface area contributed by atoms with Gasteiger partial charge in [0.1, 0.15) is 0 Å². The first-order valence-corrected chi connectivity index (χ1v) is 6.85. The Kier molecular flexibility index (Phi) is 5.95. The van der Waals surface area contributed by atoms with E-state index >= 15 is 0 Å². The standard InChI is InChI=1S/C12H23N3S/c1-9(2)11(13)4-6-14-7-5-12-15-10(3)8-16-12/h8-9,11,14H,4-7,13H2,1-3H3. The van der Waals surface area contributed by atoms with Crippen molar-refractivity contribution < 1.29 is 0 Å². The van der Waals surface area contributed by atoms with Gasteiger partial charge in [-0.15, -0.1) is 11.3 Å². The molecule has 0 amide bonds. The minimum Gasteiger partial charge on any atom is -0.327 e. The molecular weight excluding hydrogens is 218 g/mol. The molecule has 0 bridgehead atoms. The van der Waals surface area contributed by atoms with Gasteiger partial charge in [-0.1, -0.05) is 13.8 Å². The molecule has 3 N–H and O–H groups in total. The molecule has 1 atom stereocenters. The second-order valence-electron chi connectivity index (χ2n) is 4.58. The summed E-state index contributed by atoms with van der Waals surface area (Å²) in [5.74, 6) is 0.573. The minimum atomic E-state index is 0.314. The monoisotopic (exact) mass is 241 g/mol. The van der Waals surface area contributed by atoms with Crippen molar-refractivity contribution in [3.8, 4) is 0 Å². The molecule has 0 saturated carbocycles. The molecule has 1 aromatic heterocycles. The van der Waals surface area contributed by atoms with Crippen LogP contribution in [0.3, 0.4) is 0 Å². The van der Waals surface area contributed by atoms with E-state index < -0.39 is 0 Å². The van der Waals surface area contributed by atoms with E-state index in [2.05, 4.69) is 29.5 Å². The van der Waals surface area contributed by atoms with Crippen molar-refractivity contribution in [2.75, 3.05) is 13.1 Å². The van der Waals surface area contributed by atoms with Crippen LogP contribution >= 0.6 is 11.3 Å². The zero-order valence-electron chi connectivity index (χ0n) is 10.5. The third-order valence-electron chi connectivity index (χ3n) is 2.69. The number of aromatic nitrogens is 1. The zero-order chi connectivity index (χ0) is 12.0. The fourth-order valence-electron chi connectivity index (χ4n) is 1.44. The van der Waals surface area contributed by atoms with Gasteiger partial charge in [0, 0.05) is 30.1 Å². The van der Waals surface area contributed by atoms with Crippen LogP contribution in [0.2, 0.25) is 0 Å². The number of hydrogen-bond acceptors (Lipinski definition) is 4. The number of nitrogens with zero attached hydrogens (tertiary/aromatic N) is 1. The highest BCUT2D eigenvalue weighted by Gasteiger charge is 2.06. The predicted octanol–water partition coefficient (Wildman–Crippen LogP) is 1.96. The van der Waals surface area contributed by atoms with Crippen LogP contribution in [0, 0.1) is 12.8 Å². The molecule has 0 spiro atoms. The molecule has 0 radical (unpaired) electrons. The van der Waals surface area contributed by atoms with Gasteiger partial charge in [0.25, 0.3) is 0 Å². The first-order valence-electron chi connectivity index (χ1n) is 5.97. The summed E-state index contributed by atoms with van der Waals surface area (Å²) >= 11 is 1.74. The molecule has 1 rings (SSSR count). The highest BCUT2D eigenvalue weighted by Crippen LogP contribution is 2.08. The van der Waals surface area contributed by atoms with Gasteiger partial charge in [-0.05, 0) is 25.8 Å². The van der Waals surface area contributed by atoms with E-state index in [0.29, 0.717) is 12.0 Å². The quantitative estimate of drug-likeness (QED) is 0.718. The minimum absolute atomic E-state index is 0.314. The van der Waals surface area contributed by atoms with E-state index in [-0.39, 0.29) is 0 Å². The van der Waals surface area contributed by atoms with E-state index in [4.69, 9.17) is 5.73 Å². The van der Waals surface area contributed by atoms with E-state index in [1.54, 1.807) is 11.3 Å². The molecule has 0 fully saturated rings. The van der Waals surface area contributed by atoms with Gasteiger partial charge < -0.3 is 11.1 Å². The lowest BCUT2D eigenvalue weighted by atomic mass is 10.0. The number of hydrogen-bond donors (Lipinski definition) is 2. The van der Waals surface area contributed by atoms with Gasteiger partial charge in [-0.3, -0.25) is 0 Å². The molecule has 0 aliphatic heterocycles. The van der Waals surface area contributed by atoms with Crippen LogP contribution in [-0.2, 0) is 6.42 Å². The summed E-state index contributed by atoms with van der Waals surface area (Å²) in [6.07, 6.45) is 2.07. The van der Waals surface area contributed by atoms with Crippen molar-refractivity contribution in [2.45, 2.75) is 39.7 Å². The molecule has 4 heteroatoms. The topological polar surface area (TPSA) is 50.9 Å². The lowest BCUT2D eigenvalue weighted by molar-refractivity contribution is 0.450. The Morgan fingerprint density at radius 3 is 2.75 bits per heavy atom. The average Bonchev–Trinajstić information content (AvgIpc) is 2.63. The summed E-state index contributed by atoms with van der Waals surface area (Å²) in [6, 6.07) is 0.314. The molecule has 3 nitrogen and oxygen atoms in total. The van der Waals surface area contributed by atoms with Gasteiger partial charge in [-0.25, -0.2) is 4.98 Å². The smallest absolute Gasteiger partial charge is 0.0940 e. The van der Waals surface area contributed by atoms with Gasteiger partial charge in [-0.2, -0.15) is 0 Å². The highest BCUT2D eigenvalue weighted by molar-refractivity contribution is 7.09. The molecule has 0 aromatic carbocycles. The summed E-state index contributed by atoms with van der Waals surface area (Å²) in [4.78, 5) is 4.43. The van der Waals surface area contributed by atoms with Crippen LogP contribution in [0.5, 0.6) is 0 Å². The Balaban J connectivity index is 2.04. The number of aryl methyl sites for hydroxylation is 1. The SMILES string of the molecule is Cc1csc(CCNCCC(N)C(C)C)n1. The maximum absolute atomic E-state index is 5.96.